The van der Waals surface area contributed by atoms with Crippen molar-refractivity contribution >= 4 is 11.9 Å². The maximum Gasteiger partial charge on any atom is 0.308 e. The molecule has 3 aliphatic rings. The van der Waals surface area contributed by atoms with Gasteiger partial charge < -0.3 is 14.8 Å². The summed E-state index contributed by atoms with van der Waals surface area (Å²) in [5.41, 5.74) is 2.73. The van der Waals surface area contributed by atoms with E-state index in [1.54, 1.807) is 0 Å². The van der Waals surface area contributed by atoms with Gasteiger partial charge in [-0.1, -0.05) is 26.2 Å². The maximum absolute atomic E-state index is 12.9. The summed E-state index contributed by atoms with van der Waals surface area (Å²) in [5, 5.41) is 7.92. The molecule has 3 heterocycles. The van der Waals surface area contributed by atoms with Crippen molar-refractivity contribution < 1.29 is 19.1 Å². The van der Waals surface area contributed by atoms with E-state index < -0.39 is 0 Å². The second-order valence-corrected chi connectivity index (χ2v) is 9.17. The third-order valence-corrected chi connectivity index (χ3v) is 7.11. The molecule has 166 valence electrons. The van der Waals surface area contributed by atoms with Gasteiger partial charge in [0, 0.05) is 32.7 Å². The van der Waals surface area contributed by atoms with E-state index in [9.17, 15) is 9.59 Å². The number of aryl methyl sites for hydroxylation is 2. The predicted molar refractivity (Wildman–Crippen MR) is 112 cm³/mol. The molecule has 1 saturated heterocycles. The molecule has 0 radical (unpaired) electrons. The Kier molecular flexibility index (Phi) is 6.76. The highest BCUT2D eigenvalue weighted by Gasteiger charge is 2.39. The molecule has 7 heteroatoms. The first-order chi connectivity index (χ1) is 14.6. The number of carbonyl (C=O) groups excluding carboxylic acids is 2. The normalized spacial score (nSPS) is 21.7. The van der Waals surface area contributed by atoms with Gasteiger partial charge in [-0.05, 0) is 43.9 Å². The molecule has 1 amide bonds. The Hall–Kier alpha value is -1.89. The zero-order valence-corrected chi connectivity index (χ0v) is 18.2. The van der Waals surface area contributed by atoms with Gasteiger partial charge in [0.1, 0.15) is 0 Å². The average Bonchev–Trinajstić information content (AvgIpc) is 3.06. The number of hydrogen-bond donors (Lipinski definition) is 1. The van der Waals surface area contributed by atoms with Crippen molar-refractivity contribution in [2.24, 2.45) is 11.3 Å². The van der Waals surface area contributed by atoms with E-state index in [0.29, 0.717) is 26.1 Å². The Labute approximate surface area is 178 Å². The van der Waals surface area contributed by atoms with Gasteiger partial charge in [-0.25, -0.2) is 0 Å². The molecule has 4 rings (SSSR count). The lowest BCUT2D eigenvalue weighted by molar-refractivity contribution is -0.149. The molecule has 1 aliphatic carbocycles. The smallest absolute Gasteiger partial charge is 0.308 e. The van der Waals surface area contributed by atoms with E-state index in [1.165, 1.54) is 6.42 Å². The largest absolute Gasteiger partial charge is 0.465 e. The van der Waals surface area contributed by atoms with Crippen LogP contribution in [0.25, 0.3) is 0 Å². The van der Waals surface area contributed by atoms with E-state index in [0.717, 1.165) is 81.5 Å². The lowest BCUT2D eigenvalue weighted by Crippen LogP contribution is -2.40. The Morgan fingerprint density at radius 3 is 2.77 bits per heavy atom. The third kappa shape index (κ3) is 4.56. The Morgan fingerprint density at radius 2 is 2.03 bits per heavy atom. The van der Waals surface area contributed by atoms with Crippen LogP contribution in [0.2, 0.25) is 0 Å². The molecule has 0 aromatic carbocycles. The van der Waals surface area contributed by atoms with Gasteiger partial charge in [0.25, 0.3) is 5.91 Å². The standard InChI is InChI=1S/C23H35N3O4/c1-2-18-20-19(15-23(16-24-21(20)27)9-13-29-14-10-23)26(25-18)11-6-12-30-22(28)17-7-4-3-5-8-17/h17H,2-16H2,1H3,(H,24,27). The maximum atomic E-state index is 12.9. The van der Waals surface area contributed by atoms with Crippen LogP contribution >= 0.6 is 0 Å². The Morgan fingerprint density at radius 1 is 1.27 bits per heavy atom. The van der Waals surface area contributed by atoms with Crippen LogP contribution in [-0.2, 0) is 33.7 Å². The lowest BCUT2D eigenvalue weighted by atomic mass is 9.76. The molecule has 0 unspecified atom stereocenters. The fourth-order valence-corrected chi connectivity index (χ4v) is 5.20. The summed E-state index contributed by atoms with van der Waals surface area (Å²) in [6, 6.07) is 0. The second-order valence-electron chi connectivity index (χ2n) is 9.17. The molecule has 7 nitrogen and oxygen atoms in total. The summed E-state index contributed by atoms with van der Waals surface area (Å²) in [7, 11) is 0. The average molecular weight is 418 g/mol. The minimum Gasteiger partial charge on any atom is -0.465 e. The van der Waals surface area contributed by atoms with E-state index in [1.807, 2.05) is 11.6 Å². The van der Waals surface area contributed by atoms with Crippen LogP contribution < -0.4 is 5.32 Å². The molecule has 0 atom stereocenters. The topological polar surface area (TPSA) is 82.5 Å². The van der Waals surface area contributed by atoms with Crippen molar-refractivity contribution in [3.05, 3.63) is 17.0 Å². The number of nitrogens with one attached hydrogen (secondary N) is 1. The van der Waals surface area contributed by atoms with Gasteiger partial charge >= 0.3 is 5.97 Å². The lowest BCUT2D eigenvalue weighted by Gasteiger charge is -2.36. The SMILES string of the molecule is CCc1nn(CCCOC(=O)C2CCCCC2)c2c1C(=O)NCC1(CCOCC1)C2. The first kappa shape index (κ1) is 21.3. The van der Waals surface area contributed by atoms with Gasteiger partial charge in [-0.15, -0.1) is 0 Å². The molecule has 1 aromatic rings. The van der Waals surface area contributed by atoms with Crippen LogP contribution in [0.3, 0.4) is 0 Å². The van der Waals surface area contributed by atoms with Crippen LogP contribution in [0.5, 0.6) is 0 Å². The van der Waals surface area contributed by atoms with Crippen molar-refractivity contribution in [1.29, 1.82) is 0 Å². The summed E-state index contributed by atoms with van der Waals surface area (Å²) in [5.74, 6) is 0.0486. The van der Waals surface area contributed by atoms with Crippen molar-refractivity contribution in [1.82, 2.24) is 15.1 Å². The zero-order valence-electron chi connectivity index (χ0n) is 18.2. The van der Waals surface area contributed by atoms with E-state index in [2.05, 4.69) is 5.32 Å². The van der Waals surface area contributed by atoms with E-state index in [-0.39, 0.29) is 23.2 Å². The van der Waals surface area contributed by atoms with Crippen LogP contribution in [0.4, 0.5) is 0 Å². The van der Waals surface area contributed by atoms with E-state index in [4.69, 9.17) is 14.6 Å². The third-order valence-electron chi connectivity index (χ3n) is 7.11. The number of aromatic nitrogens is 2. The van der Waals surface area contributed by atoms with Crippen LogP contribution in [0.15, 0.2) is 0 Å². The summed E-state index contributed by atoms with van der Waals surface area (Å²) in [6.07, 6.45) is 9.63. The van der Waals surface area contributed by atoms with Crippen molar-refractivity contribution in [2.75, 3.05) is 26.4 Å². The fourth-order valence-electron chi connectivity index (χ4n) is 5.20. The quantitative estimate of drug-likeness (QED) is 0.568. The number of nitrogens with zero attached hydrogens (tertiary/aromatic N) is 2. The van der Waals surface area contributed by atoms with Crippen molar-refractivity contribution in [2.45, 2.75) is 77.7 Å². The molecule has 1 N–H and O–H groups in total. The van der Waals surface area contributed by atoms with Crippen LogP contribution in [0, 0.1) is 11.3 Å². The summed E-state index contributed by atoms with van der Waals surface area (Å²) >= 11 is 0. The molecule has 30 heavy (non-hydrogen) atoms. The van der Waals surface area contributed by atoms with Gasteiger partial charge in [0.15, 0.2) is 0 Å². The van der Waals surface area contributed by atoms with Gasteiger partial charge in [-0.2, -0.15) is 5.10 Å². The number of esters is 1. The van der Waals surface area contributed by atoms with Crippen molar-refractivity contribution in [3.63, 3.8) is 0 Å². The molecular weight excluding hydrogens is 382 g/mol. The Bertz CT molecular complexity index is 761. The van der Waals surface area contributed by atoms with Crippen molar-refractivity contribution in [3.8, 4) is 0 Å². The van der Waals surface area contributed by atoms with Gasteiger partial charge in [-0.3, -0.25) is 14.3 Å². The first-order valence-electron chi connectivity index (χ1n) is 11.7. The van der Waals surface area contributed by atoms with Gasteiger partial charge in [0.2, 0.25) is 0 Å². The number of carbonyl (C=O) groups is 2. The summed E-state index contributed by atoms with van der Waals surface area (Å²) in [4.78, 5) is 25.1. The first-order valence-corrected chi connectivity index (χ1v) is 11.7. The number of amides is 1. The molecule has 1 spiro atoms. The molecular formula is C23H35N3O4. The fraction of sp³-hybridized carbons (Fsp3) is 0.783. The minimum atomic E-state index is -0.0382. The molecule has 2 fully saturated rings. The highest BCUT2D eigenvalue weighted by atomic mass is 16.5. The summed E-state index contributed by atoms with van der Waals surface area (Å²) in [6.45, 7) is 5.32. The Balaban J connectivity index is 1.42. The van der Waals surface area contributed by atoms with Crippen LogP contribution in [-0.4, -0.2) is 48.0 Å². The number of fused-ring (bicyclic) bond motifs is 1. The van der Waals surface area contributed by atoms with E-state index >= 15 is 0 Å². The predicted octanol–water partition coefficient (Wildman–Crippen LogP) is 3.04. The highest BCUT2D eigenvalue weighted by Crippen LogP contribution is 2.37. The molecule has 1 aromatic heterocycles. The highest BCUT2D eigenvalue weighted by molar-refractivity contribution is 5.97. The number of rotatable bonds is 6. The zero-order chi connectivity index (χ0) is 21.0. The minimum absolute atomic E-state index is 0.000179. The molecule has 0 bridgehead atoms. The van der Waals surface area contributed by atoms with Crippen LogP contribution in [0.1, 0.15) is 80.0 Å². The number of ether oxygens (including phenoxy) is 2. The summed E-state index contributed by atoms with van der Waals surface area (Å²) < 4.78 is 13.1. The van der Waals surface area contributed by atoms with Gasteiger partial charge in [0.05, 0.1) is 29.5 Å². The number of hydrogen-bond acceptors (Lipinski definition) is 5. The monoisotopic (exact) mass is 417 g/mol. The second kappa shape index (κ2) is 9.50. The molecule has 2 aliphatic heterocycles. The molecule has 1 saturated carbocycles.